The number of imide groups is 1. The SMILES string of the molecule is CN1C(=O)/C(=C\c2cncn2Cc2ccccc2)c2ccccc2C1=O. The molecule has 1 aliphatic heterocycles. The highest BCUT2D eigenvalue weighted by atomic mass is 16.2. The molecule has 2 heterocycles. The number of rotatable bonds is 3. The van der Waals surface area contributed by atoms with E-state index in [4.69, 9.17) is 0 Å². The molecule has 3 aromatic rings. The molecule has 0 radical (unpaired) electrons. The summed E-state index contributed by atoms with van der Waals surface area (Å²) in [4.78, 5) is 30.4. The molecule has 26 heavy (non-hydrogen) atoms. The summed E-state index contributed by atoms with van der Waals surface area (Å²) in [6, 6.07) is 17.2. The van der Waals surface area contributed by atoms with E-state index in [1.165, 1.54) is 7.05 Å². The Kier molecular flexibility index (Phi) is 3.97. The third-order valence-electron chi connectivity index (χ3n) is 4.52. The molecular weight excluding hydrogens is 326 g/mol. The van der Waals surface area contributed by atoms with Gasteiger partial charge in [0.25, 0.3) is 11.8 Å². The highest BCUT2D eigenvalue weighted by Gasteiger charge is 2.32. The van der Waals surface area contributed by atoms with Crippen molar-refractivity contribution in [3.8, 4) is 0 Å². The summed E-state index contributed by atoms with van der Waals surface area (Å²) in [6.45, 7) is 0.657. The quantitative estimate of drug-likeness (QED) is 0.542. The molecule has 0 bridgehead atoms. The van der Waals surface area contributed by atoms with Gasteiger partial charge in [0.05, 0.1) is 23.8 Å². The minimum atomic E-state index is -0.304. The summed E-state index contributed by atoms with van der Waals surface area (Å²) in [6.07, 6.45) is 5.27. The first-order chi connectivity index (χ1) is 12.6. The van der Waals surface area contributed by atoms with Crippen LogP contribution < -0.4 is 0 Å². The van der Waals surface area contributed by atoms with E-state index in [0.29, 0.717) is 23.2 Å². The van der Waals surface area contributed by atoms with Crippen molar-refractivity contribution in [2.45, 2.75) is 6.54 Å². The molecule has 1 aromatic heterocycles. The first-order valence-corrected chi connectivity index (χ1v) is 8.32. The average Bonchev–Trinajstić information content (AvgIpc) is 3.11. The highest BCUT2D eigenvalue weighted by Crippen LogP contribution is 2.29. The number of fused-ring (bicyclic) bond motifs is 1. The first kappa shape index (κ1) is 16.0. The Morgan fingerprint density at radius 2 is 1.62 bits per heavy atom. The van der Waals surface area contributed by atoms with Gasteiger partial charge in [0, 0.05) is 24.7 Å². The number of hydrogen-bond donors (Lipinski definition) is 0. The maximum atomic E-state index is 12.7. The maximum absolute atomic E-state index is 12.7. The van der Waals surface area contributed by atoms with Gasteiger partial charge in [-0.15, -0.1) is 0 Å². The van der Waals surface area contributed by atoms with Crippen molar-refractivity contribution in [3.05, 3.63) is 89.5 Å². The van der Waals surface area contributed by atoms with Gasteiger partial charge in [-0.1, -0.05) is 48.5 Å². The third kappa shape index (κ3) is 2.73. The van der Waals surface area contributed by atoms with Crippen LogP contribution in [0.5, 0.6) is 0 Å². The van der Waals surface area contributed by atoms with Crippen LogP contribution in [0.15, 0.2) is 67.1 Å². The van der Waals surface area contributed by atoms with Gasteiger partial charge in [0.2, 0.25) is 0 Å². The number of carbonyl (C=O) groups is 2. The van der Waals surface area contributed by atoms with Gasteiger partial charge >= 0.3 is 0 Å². The van der Waals surface area contributed by atoms with Crippen molar-refractivity contribution < 1.29 is 9.59 Å². The van der Waals surface area contributed by atoms with Crippen molar-refractivity contribution in [1.82, 2.24) is 14.5 Å². The molecule has 0 N–H and O–H groups in total. The molecule has 5 nitrogen and oxygen atoms in total. The third-order valence-corrected chi connectivity index (χ3v) is 4.52. The van der Waals surface area contributed by atoms with Gasteiger partial charge in [-0.2, -0.15) is 0 Å². The Balaban J connectivity index is 1.77. The Hall–Kier alpha value is -3.47. The number of carbonyl (C=O) groups excluding carboxylic acids is 2. The van der Waals surface area contributed by atoms with Crippen LogP contribution in [-0.2, 0) is 11.3 Å². The molecule has 0 saturated carbocycles. The number of benzene rings is 2. The Morgan fingerprint density at radius 3 is 2.38 bits per heavy atom. The average molecular weight is 343 g/mol. The second-order valence-corrected chi connectivity index (χ2v) is 6.20. The van der Waals surface area contributed by atoms with E-state index < -0.39 is 0 Å². The van der Waals surface area contributed by atoms with Crippen LogP contribution >= 0.6 is 0 Å². The summed E-state index contributed by atoms with van der Waals surface area (Å²) >= 11 is 0. The van der Waals surface area contributed by atoms with E-state index in [1.54, 1.807) is 30.7 Å². The van der Waals surface area contributed by atoms with Gasteiger partial charge in [-0.05, 0) is 17.7 Å². The van der Waals surface area contributed by atoms with Crippen molar-refractivity contribution >= 4 is 23.5 Å². The van der Waals surface area contributed by atoms with Gasteiger partial charge in [-0.25, -0.2) is 4.98 Å². The fourth-order valence-electron chi connectivity index (χ4n) is 3.12. The van der Waals surface area contributed by atoms with Crippen LogP contribution in [0.25, 0.3) is 11.6 Å². The predicted octanol–water partition coefficient (Wildman–Crippen LogP) is 3.08. The van der Waals surface area contributed by atoms with Crippen LogP contribution in [0, 0.1) is 0 Å². The number of likely N-dealkylation sites (N-methyl/N-ethyl adjacent to an activating group) is 1. The number of hydrogen-bond acceptors (Lipinski definition) is 3. The summed E-state index contributed by atoms with van der Waals surface area (Å²) in [7, 11) is 1.51. The topological polar surface area (TPSA) is 55.2 Å². The Morgan fingerprint density at radius 1 is 0.923 bits per heavy atom. The van der Waals surface area contributed by atoms with E-state index in [1.807, 2.05) is 47.0 Å². The summed E-state index contributed by atoms with van der Waals surface area (Å²) in [5.41, 5.74) is 3.66. The zero-order valence-corrected chi connectivity index (χ0v) is 14.3. The zero-order valence-electron chi connectivity index (χ0n) is 14.3. The molecule has 5 heteroatoms. The molecule has 4 rings (SSSR count). The predicted molar refractivity (Wildman–Crippen MR) is 99.2 cm³/mol. The molecule has 0 fully saturated rings. The minimum Gasteiger partial charge on any atom is -0.327 e. The number of nitrogens with zero attached hydrogens (tertiary/aromatic N) is 3. The lowest BCUT2D eigenvalue weighted by molar-refractivity contribution is -0.121. The lowest BCUT2D eigenvalue weighted by Gasteiger charge is -2.25. The van der Waals surface area contributed by atoms with Gasteiger partial charge in [0.1, 0.15) is 0 Å². The molecule has 0 atom stereocenters. The smallest absolute Gasteiger partial charge is 0.261 e. The molecular formula is C21H17N3O2. The molecule has 0 saturated heterocycles. The summed E-state index contributed by atoms with van der Waals surface area (Å²) in [5.74, 6) is -0.582. The van der Waals surface area contributed by atoms with Crippen molar-refractivity contribution in [3.63, 3.8) is 0 Å². The first-order valence-electron chi connectivity index (χ1n) is 8.32. The van der Waals surface area contributed by atoms with Crippen LogP contribution in [0.3, 0.4) is 0 Å². The largest absolute Gasteiger partial charge is 0.327 e. The number of amides is 2. The van der Waals surface area contributed by atoms with E-state index >= 15 is 0 Å². The van der Waals surface area contributed by atoms with Crippen LogP contribution in [-0.4, -0.2) is 33.3 Å². The van der Waals surface area contributed by atoms with Crippen molar-refractivity contribution in [2.75, 3.05) is 7.05 Å². The second kappa shape index (κ2) is 6.44. The van der Waals surface area contributed by atoms with Crippen molar-refractivity contribution in [2.24, 2.45) is 0 Å². The second-order valence-electron chi connectivity index (χ2n) is 6.20. The van der Waals surface area contributed by atoms with Crippen LogP contribution in [0.1, 0.15) is 27.2 Å². The fraction of sp³-hybridized carbons (Fsp3) is 0.0952. The molecule has 2 aromatic carbocycles. The van der Waals surface area contributed by atoms with E-state index in [9.17, 15) is 9.59 Å². The highest BCUT2D eigenvalue weighted by molar-refractivity contribution is 6.33. The fourth-order valence-corrected chi connectivity index (χ4v) is 3.12. The van der Waals surface area contributed by atoms with Gasteiger partial charge in [0.15, 0.2) is 0 Å². The summed E-state index contributed by atoms with van der Waals surface area (Å²) < 4.78 is 1.98. The van der Waals surface area contributed by atoms with E-state index in [2.05, 4.69) is 4.98 Å². The minimum absolute atomic E-state index is 0.277. The van der Waals surface area contributed by atoms with Crippen molar-refractivity contribution in [1.29, 1.82) is 0 Å². The van der Waals surface area contributed by atoms with Crippen LogP contribution in [0.2, 0.25) is 0 Å². The van der Waals surface area contributed by atoms with E-state index in [-0.39, 0.29) is 11.8 Å². The summed E-state index contributed by atoms with van der Waals surface area (Å²) in [5, 5.41) is 0. The molecule has 128 valence electrons. The Bertz CT molecular complexity index is 1020. The number of imidazole rings is 1. The lowest BCUT2D eigenvalue weighted by Crippen LogP contribution is -2.38. The van der Waals surface area contributed by atoms with Gasteiger partial charge < -0.3 is 4.57 Å². The molecule has 2 amide bonds. The Labute approximate surface area is 151 Å². The number of aromatic nitrogens is 2. The maximum Gasteiger partial charge on any atom is 0.261 e. The molecule has 0 aliphatic carbocycles. The van der Waals surface area contributed by atoms with Gasteiger partial charge in [-0.3, -0.25) is 14.5 Å². The van der Waals surface area contributed by atoms with E-state index in [0.717, 1.165) is 16.2 Å². The van der Waals surface area contributed by atoms with Crippen LogP contribution in [0.4, 0.5) is 0 Å². The standard InChI is InChI=1S/C21H17N3O2/c1-23-20(25)18-10-6-5-9-17(18)19(21(23)26)11-16-12-22-14-24(16)13-15-7-3-2-4-8-15/h2-12,14H,13H2,1H3/b19-11-. The molecule has 1 aliphatic rings. The molecule has 0 spiro atoms. The normalized spacial score (nSPS) is 15.4. The monoisotopic (exact) mass is 343 g/mol. The zero-order chi connectivity index (χ0) is 18.1. The molecule has 0 unspecified atom stereocenters. The lowest BCUT2D eigenvalue weighted by atomic mass is 9.93.